The van der Waals surface area contributed by atoms with E-state index in [0.717, 1.165) is 29.6 Å². The van der Waals surface area contributed by atoms with Crippen LogP contribution in [0.15, 0.2) is 12.4 Å². The molecule has 5 atom stereocenters. The summed E-state index contributed by atoms with van der Waals surface area (Å²) in [4.78, 5) is 4.55. The van der Waals surface area contributed by atoms with Gasteiger partial charge >= 0.3 is 0 Å². The Balaban J connectivity index is 1.61. The molecule has 1 aromatic rings. The summed E-state index contributed by atoms with van der Waals surface area (Å²) in [5.74, 6) is 6.22. The van der Waals surface area contributed by atoms with Crippen LogP contribution in [0.5, 0.6) is 0 Å². The lowest BCUT2D eigenvalue weighted by molar-refractivity contribution is 0.369. The highest BCUT2D eigenvalue weighted by Gasteiger charge is 2.67. The standard InChI is InChI=1S/C14H21N3/c1-15-13(14-16-5-6-17(14)2)12-10-8-3-4-9(7-8)11(10)12/h5-6,8-13,15H,3-4,7H2,1-2H3. The van der Waals surface area contributed by atoms with Crippen LogP contribution >= 0.6 is 0 Å². The van der Waals surface area contributed by atoms with Gasteiger partial charge in [-0.05, 0) is 55.9 Å². The quantitative estimate of drug-likeness (QED) is 0.862. The van der Waals surface area contributed by atoms with Crippen molar-refractivity contribution in [2.24, 2.45) is 36.6 Å². The summed E-state index contributed by atoms with van der Waals surface area (Å²) >= 11 is 0. The van der Waals surface area contributed by atoms with Gasteiger partial charge in [0.25, 0.3) is 0 Å². The molecule has 3 fully saturated rings. The van der Waals surface area contributed by atoms with Crippen LogP contribution in [0.1, 0.15) is 31.1 Å². The van der Waals surface area contributed by atoms with E-state index >= 15 is 0 Å². The summed E-state index contributed by atoms with van der Waals surface area (Å²) in [6.07, 6.45) is 8.51. The molecule has 3 nitrogen and oxygen atoms in total. The first-order chi connectivity index (χ1) is 8.31. The Morgan fingerprint density at radius 3 is 2.59 bits per heavy atom. The van der Waals surface area contributed by atoms with Gasteiger partial charge in [-0.15, -0.1) is 0 Å². The number of nitrogens with zero attached hydrogens (tertiary/aromatic N) is 2. The van der Waals surface area contributed by atoms with Crippen molar-refractivity contribution in [1.29, 1.82) is 0 Å². The first kappa shape index (κ1) is 10.1. The van der Waals surface area contributed by atoms with E-state index in [9.17, 15) is 0 Å². The normalized spacial score (nSPS) is 43.8. The highest BCUT2D eigenvalue weighted by molar-refractivity contribution is 5.19. The van der Waals surface area contributed by atoms with Crippen LogP contribution in [-0.2, 0) is 7.05 Å². The van der Waals surface area contributed by atoms with Crippen molar-refractivity contribution < 1.29 is 0 Å². The van der Waals surface area contributed by atoms with Gasteiger partial charge in [0.15, 0.2) is 0 Å². The molecule has 3 aliphatic rings. The third-order valence-corrected chi connectivity index (χ3v) is 5.63. The Labute approximate surface area is 103 Å². The molecule has 4 rings (SSSR count). The molecule has 0 aromatic carbocycles. The van der Waals surface area contributed by atoms with Crippen LogP contribution in [-0.4, -0.2) is 16.6 Å². The van der Waals surface area contributed by atoms with Crippen LogP contribution < -0.4 is 5.32 Å². The molecule has 17 heavy (non-hydrogen) atoms. The maximum Gasteiger partial charge on any atom is 0.125 e. The lowest BCUT2D eigenvalue weighted by atomic mass is 9.97. The smallest absolute Gasteiger partial charge is 0.125 e. The monoisotopic (exact) mass is 231 g/mol. The fourth-order valence-electron chi connectivity index (χ4n) is 5.01. The number of hydrogen-bond acceptors (Lipinski definition) is 2. The van der Waals surface area contributed by atoms with Gasteiger partial charge in [-0.2, -0.15) is 0 Å². The minimum Gasteiger partial charge on any atom is -0.337 e. The number of hydrogen-bond donors (Lipinski definition) is 1. The van der Waals surface area contributed by atoms with Crippen LogP contribution in [0.25, 0.3) is 0 Å². The van der Waals surface area contributed by atoms with Crippen molar-refractivity contribution in [3.05, 3.63) is 18.2 Å². The van der Waals surface area contributed by atoms with Gasteiger partial charge in [0.2, 0.25) is 0 Å². The van der Waals surface area contributed by atoms with Crippen molar-refractivity contribution in [3.8, 4) is 0 Å². The molecule has 3 aliphatic carbocycles. The molecule has 0 spiro atoms. The topological polar surface area (TPSA) is 29.9 Å². The van der Waals surface area contributed by atoms with E-state index < -0.39 is 0 Å². The van der Waals surface area contributed by atoms with Gasteiger partial charge in [-0.1, -0.05) is 0 Å². The minimum atomic E-state index is 0.480. The predicted molar refractivity (Wildman–Crippen MR) is 66.3 cm³/mol. The van der Waals surface area contributed by atoms with Gasteiger partial charge in [-0.25, -0.2) is 4.98 Å². The van der Waals surface area contributed by atoms with E-state index in [1.165, 1.54) is 25.1 Å². The predicted octanol–water partition coefficient (Wildman–Crippen LogP) is 1.97. The van der Waals surface area contributed by atoms with Gasteiger partial charge in [0.1, 0.15) is 5.82 Å². The molecule has 3 heteroatoms. The molecular formula is C14H21N3. The van der Waals surface area contributed by atoms with Crippen LogP contribution in [0.2, 0.25) is 0 Å². The van der Waals surface area contributed by atoms with E-state index in [1.807, 2.05) is 6.20 Å². The molecule has 1 heterocycles. The van der Waals surface area contributed by atoms with Gasteiger partial charge in [0.05, 0.1) is 6.04 Å². The Morgan fingerprint density at radius 1 is 1.35 bits per heavy atom. The van der Waals surface area contributed by atoms with Crippen molar-refractivity contribution in [2.45, 2.75) is 25.3 Å². The number of aryl methyl sites for hydroxylation is 1. The Kier molecular flexibility index (Phi) is 1.99. The molecule has 92 valence electrons. The molecule has 1 aromatic heterocycles. The minimum absolute atomic E-state index is 0.480. The lowest BCUT2D eigenvalue weighted by Gasteiger charge is -2.19. The molecule has 5 unspecified atom stereocenters. The Bertz CT molecular complexity index is 422. The molecule has 0 amide bonds. The molecule has 0 saturated heterocycles. The van der Waals surface area contributed by atoms with Crippen molar-refractivity contribution in [2.75, 3.05) is 7.05 Å². The van der Waals surface area contributed by atoms with E-state index in [0.29, 0.717) is 6.04 Å². The molecule has 0 aliphatic heterocycles. The van der Waals surface area contributed by atoms with E-state index in [2.05, 4.69) is 35.2 Å². The second-order valence-electron chi connectivity index (χ2n) is 6.23. The van der Waals surface area contributed by atoms with E-state index in [4.69, 9.17) is 0 Å². The van der Waals surface area contributed by atoms with Crippen molar-refractivity contribution in [1.82, 2.24) is 14.9 Å². The molecule has 0 radical (unpaired) electrons. The van der Waals surface area contributed by atoms with Crippen LogP contribution in [0, 0.1) is 29.6 Å². The maximum atomic E-state index is 4.55. The highest BCUT2D eigenvalue weighted by atomic mass is 15.1. The zero-order chi connectivity index (χ0) is 11.6. The summed E-state index contributed by atoms with van der Waals surface area (Å²) in [6, 6.07) is 0.480. The Morgan fingerprint density at radius 2 is 2.06 bits per heavy atom. The zero-order valence-corrected chi connectivity index (χ0v) is 10.6. The lowest BCUT2D eigenvalue weighted by Crippen LogP contribution is -2.24. The van der Waals surface area contributed by atoms with E-state index in [-0.39, 0.29) is 0 Å². The fourth-order valence-corrected chi connectivity index (χ4v) is 5.01. The second-order valence-corrected chi connectivity index (χ2v) is 6.23. The average Bonchev–Trinajstić information content (AvgIpc) is 2.72. The fraction of sp³-hybridized carbons (Fsp3) is 0.786. The SMILES string of the molecule is CNC(c1nccn1C)C1C2C3CCC(C3)C21. The number of aromatic nitrogens is 2. The summed E-state index contributed by atoms with van der Waals surface area (Å²) in [6.45, 7) is 0. The van der Waals surface area contributed by atoms with Gasteiger partial charge in [-0.3, -0.25) is 0 Å². The molecule has 2 bridgehead atoms. The summed E-state index contributed by atoms with van der Waals surface area (Å²) in [7, 11) is 4.20. The average molecular weight is 231 g/mol. The van der Waals surface area contributed by atoms with Crippen molar-refractivity contribution in [3.63, 3.8) is 0 Å². The van der Waals surface area contributed by atoms with E-state index in [1.54, 1.807) is 0 Å². The third kappa shape index (κ3) is 1.23. The third-order valence-electron chi connectivity index (χ3n) is 5.63. The van der Waals surface area contributed by atoms with Gasteiger partial charge in [0, 0.05) is 19.4 Å². The largest absolute Gasteiger partial charge is 0.337 e. The summed E-state index contributed by atoms with van der Waals surface area (Å²) in [5, 5.41) is 3.52. The Hall–Kier alpha value is -0.830. The summed E-state index contributed by atoms with van der Waals surface area (Å²) in [5.41, 5.74) is 0. The first-order valence-electron chi connectivity index (χ1n) is 6.95. The van der Waals surface area contributed by atoms with Crippen molar-refractivity contribution >= 4 is 0 Å². The zero-order valence-electron chi connectivity index (χ0n) is 10.6. The van der Waals surface area contributed by atoms with Gasteiger partial charge < -0.3 is 9.88 Å². The molecular weight excluding hydrogens is 210 g/mol. The number of rotatable bonds is 3. The first-order valence-corrected chi connectivity index (χ1v) is 6.95. The molecule has 1 N–H and O–H groups in total. The highest BCUT2D eigenvalue weighted by Crippen LogP contribution is 2.72. The van der Waals surface area contributed by atoms with Crippen LogP contribution in [0.4, 0.5) is 0 Å². The number of imidazole rings is 1. The molecule has 3 saturated carbocycles. The second kappa shape index (κ2) is 3.35. The summed E-state index contributed by atoms with van der Waals surface area (Å²) < 4.78 is 2.18. The maximum absolute atomic E-state index is 4.55. The van der Waals surface area contributed by atoms with Crippen LogP contribution in [0.3, 0.4) is 0 Å². The number of fused-ring (bicyclic) bond motifs is 5. The number of nitrogens with one attached hydrogen (secondary N) is 1.